The molecule has 0 saturated carbocycles. The van der Waals surface area contributed by atoms with Gasteiger partial charge in [-0.15, -0.1) is 0 Å². The van der Waals surface area contributed by atoms with Crippen LogP contribution in [0.5, 0.6) is 0 Å². The zero-order valence-electron chi connectivity index (χ0n) is 19.9. The number of nitrogens with zero attached hydrogens (tertiary/aromatic N) is 1. The summed E-state index contributed by atoms with van der Waals surface area (Å²) in [4.78, 5) is 29.8. The minimum atomic E-state index is -0.905. The molecule has 0 bridgehead atoms. The third kappa shape index (κ3) is 6.49. The number of benzene rings is 2. The second-order valence-electron chi connectivity index (χ2n) is 8.71. The average molecular weight is 503 g/mol. The molecule has 1 aliphatic carbocycles. The Kier molecular flexibility index (Phi) is 9.06. The van der Waals surface area contributed by atoms with Crippen molar-refractivity contribution >= 4 is 35.1 Å². The van der Waals surface area contributed by atoms with Gasteiger partial charge in [-0.1, -0.05) is 49.6 Å². The van der Waals surface area contributed by atoms with Gasteiger partial charge >= 0.3 is 11.8 Å². The van der Waals surface area contributed by atoms with Crippen LogP contribution in [0.3, 0.4) is 0 Å². The monoisotopic (exact) mass is 502 g/mol. The van der Waals surface area contributed by atoms with Crippen molar-refractivity contribution in [1.82, 2.24) is 10.6 Å². The predicted molar refractivity (Wildman–Crippen MR) is 137 cm³/mol. The number of nitrogens with one attached hydrogen (secondary N) is 3. The Bertz CT molecular complexity index is 1110. The van der Waals surface area contributed by atoms with E-state index in [1.165, 1.54) is 12.1 Å². The van der Waals surface area contributed by atoms with Gasteiger partial charge in [0, 0.05) is 24.7 Å². The van der Waals surface area contributed by atoms with Gasteiger partial charge in [-0.3, -0.25) is 14.6 Å². The van der Waals surface area contributed by atoms with Crippen LogP contribution >= 0.6 is 11.6 Å². The van der Waals surface area contributed by atoms with Crippen molar-refractivity contribution in [2.75, 3.05) is 18.9 Å². The Morgan fingerprint density at radius 2 is 1.89 bits per heavy atom. The van der Waals surface area contributed by atoms with E-state index in [9.17, 15) is 14.0 Å². The van der Waals surface area contributed by atoms with Crippen LogP contribution in [0.4, 0.5) is 10.1 Å². The van der Waals surface area contributed by atoms with E-state index in [1.54, 1.807) is 0 Å². The normalized spacial score (nSPS) is 18.6. The zero-order chi connectivity index (χ0) is 25.5. The summed E-state index contributed by atoms with van der Waals surface area (Å²) < 4.78 is 13.7. The fourth-order valence-electron chi connectivity index (χ4n) is 4.63. The molecule has 0 radical (unpaired) electrons. The Balaban J connectivity index is 1.89. The topological polar surface area (TPSA) is 135 Å². The van der Waals surface area contributed by atoms with Gasteiger partial charge in [0.15, 0.2) is 5.96 Å². The Morgan fingerprint density at radius 3 is 2.54 bits per heavy atom. The third-order valence-electron chi connectivity index (χ3n) is 6.24. The van der Waals surface area contributed by atoms with Crippen LogP contribution in [-0.2, 0) is 16.1 Å². The number of rotatable bonds is 9. The van der Waals surface area contributed by atoms with Crippen molar-refractivity contribution in [3.8, 4) is 0 Å². The quantitative estimate of drug-likeness (QED) is 0.204. The Morgan fingerprint density at radius 1 is 1.11 bits per heavy atom. The lowest BCUT2D eigenvalue weighted by Gasteiger charge is -2.25. The molecule has 0 aliphatic heterocycles. The van der Waals surface area contributed by atoms with E-state index in [0.717, 1.165) is 42.0 Å². The average Bonchev–Trinajstić information content (AvgIpc) is 3.10. The molecule has 0 fully saturated rings. The summed E-state index contributed by atoms with van der Waals surface area (Å²) in [5, 5.41) is 8.38. The maximum absolute atomic E-state index is 13.7. The van der Waals surface area contributed by atoms with E-state index in [-0.39, 0.29) is 28.5 Å². The van der Waals surface area contributed by atoms with Crippen molar-refractivity contribution in [2.24, 2.45) is 22.4 Å². The number of amides is 2. The summed E-state index contributed by atoms with van der Waals surface area (Å²) in [7, 11) is 1.89. The van der Waals surface area contributed by atoms with Gasteiger partial charge in [-0.2, -0.15) is 0 Å². The zero-order valence-corrected chi connectivity index (χ0v) is 20.7. The number of carbonyl (C=O) groups excluding carboxylic acids is 2. The number of halogens is 2. The van der Waals surface area contributed by atoms with E-state index < -0.39 is 23.7 Å². The first kappa shape index (κ1) is 26.4. The molecule has 7 N–H and O–H groups in total. The molecule has 0 unspecified atom stereocenters. The van der Waals surface area contributed by atoms with E-state index in [2.05, 4.69) is 33.9 Å². The summed E-state index contributed by atoms with van der Waals surface area (Å²) >= 11 is 5.69. The lowest BCUT2D eigenvalue weighted by atomic mass is 9.86. The molecule has 10 heteroatoms. The number of hydrogen-bond acceptors (Lipinski definition) is 4. The number of fused-ring (bicyclic) bond motifs is 1. The van der Waals surface area contributed by atoms with Crippen LogP contribution in [0, 0.1) is 11.7 Å². The highest BCUT2D eigenvalue weighted by Gasteiger charge is 2.41. The van der Waals surface area contributed by atoms with Crippen molar-refractivity contribution in [2.45, 2.75) is 44.7 Å². The highest BCUT2D eigenvalue weighted by Crippen LogP contribution is 2.48. The van der Waals surface area contributed by atoms with E-state index in [4.69, 9.17) is 23.1 Å². The number of aliphatic imine (C=N–C) groups is 1. The summed E-state index contributed by atoms with van der Waals surface area (Å²) in [5.74, 6) is -2.47. The second-order valence-corrected chi connectivity index (χ2v) is 9.11. The molecule has 2 aromatic carbocycles. The Labute approximate surface area is 209 Å². The molecule has 0 saturated heterocycles. The molecule has 35 heavy (non-hydrogen) atoms. The van der Waals surface area contributed by atoms with Gasteiger partial charge in [0.05, 0.1) is 11.1 Å². The maximum Gasteiger partial charge on any atom is 0.313 e. The predicted octanol–water partition coefficient (Wildman–Crippen LogP) is 3.17. The fraction of sp³-hybridized carbons (Fsp3) is 0.400. The summed E-state index contributed by atoms with van der Waals surface area (Å²) in [6.45, 7) is 3.15. The van der Waals surface area contributed by atoms with Gasteiger partial charge < -0.3 is 27.4 Å². The fourth-order valence-corrected chi connectivity index (χ4v) is 4.74. The molecule has 3 rings (SSSR count). The lowest BCUT2D eigenvalue weighted by Crippen LogP contribution is -2.40. The maximum atomic E-state index is 13.7. The highest BCUT2D eigenvalue weighted by atomic mass is 35.5. The van der Waals surface area contributed by atoms with E-state index >= 15 is 0 Å². The van der Waals surface area contributed by atoms with Crippen molar-refractivity contribution < 1.29 is 14.0 Å². The molecule has 2 amide bonds. The molecule has 0 aromatic heterocycles. The van der Waals surface area contributed by atoms with Gasteiger partial charge in [0.25, 0.3) is 0 Å². The van der Waals surface area contributed by atoms with Gasteiger partial charge in [0.1, 0.15) is 5.82 Å². The molecule has 3 atom stereocenters. The number of carbonyl (C=O) groups is 2. The van der Waals surface area contributed by atoms with Crippen LogP contribution < -0.4 is 27.4 Å². The molecule has 8 nitrogen and oxygen atoms in total. The summed E-state index contributed by atoms with van der Waals surface area (Å²) in [6.07, 6.45) is 2.93. The van der Waals surface area contributed by atoms with Crippen LogP contribution in [0.15, 0.2) is 41.4 Å². The number of unbranched alkanes of at least 4 members (excludes halogenated alkanes) is 1. The molecule has 0 heterocycles. The smallest absolute Gasteiger partial charge is 0.313 e. The van der Waals surface area contributed by atoms with E-state index in [1.807, 2.05) is 19.2 Å². The van der Waals surface area contributed by atoms with Gasteiger partial charge in [-0.05, 0) is 54.3 Å². The molecular formula is C25H32ClFN6O2. The third-order valence-corrected chi connectivity index (χ3v) is 6.54. The molecule has 0 spiro atoms. The number of hydrogen-bond donors (Lipinski definition) is 5. The molecule has 2 aromatic rings. The van der Waals surface area contributed by atoms with Crippen LogP contribution in [0.1, 0.15) is 54.8 Å². The van der Waals surface area contributed by atoms with Crippen LogP contribution in [0.25, 0.3) is 0 Å². The minimum absolute atomic E-state index is 0.0290. The van der Waals surface area contributed by atoms with Crippen LogP contribution in [-0.4, -0.2) is 31.4 Å². The first-order chi connectivity index (χ1) is 16.7. The van der Waals surface area contributed by atoms with Gasteiger partial charge in [-0.25, -0.2) is 4.39 Å². The highest BCUT2D eigenvalue weighted by molar-refractivity contribution is 6.39. The van der Waals surface area contributed by atoms with Crippen molar-refractivity contribution in [3.63, 3.8) is 0 Å². The SMILES string of the molecule is CCCC[C@@H]1c2cc(CNC)ccc2[C@H](NC(=O)C(=O)Nc2ccc(Cl)c(F)c2)[C@H]1CN=C(N)N. The summed E-state index contributed by atoms with van der Waals surface area (Å²) in [6, 6.07) is 9.48. The standard InChI is InChI=1S/C25H32ClFN6O2/c1-3-4-5-16-18-10-14(12-30-2)6-8-17(18)22(19(16)13-31-25(28)29)33-24(35)23(34)32-15-7-9-20(26)21(27)11-15/h6-11,16,19,22,30H,3-5,12-13H2,1-2H3,(H,32,34)(H,33,35)(H4,28,29,31)/t16-,19+,22+/m1/s1. The number of guanidine groups is 1. The molecule has 1 aliphatic rings. The number of nitrogens with two attached hydrogens (primary N) is 2. The minimum Gasteiger partial charge on any atom is -0.370 e. The van der Waals surface area contributed by atoms with Gasteiger partial charge in [0.2, 0.25) is 0 Å². The molecule has 188 valence electrons. The molecular weight excluding hydrogens is 471 g/mol. The first-order valence-electron chi connectivity index (χ1n) is 11.6. The lowest BCUT2D eigenvalue weighted by molar-refractivity contribution is -0.136. The van der Waals surface area contributed by atoms with Crippen LogP contribution in [0.2, 0.25) is 5.02 Å². The number of anilines is 1. The summed E-state index contributed by atoms with van der Waals surface area (Å²) in [5.41, 5.74) is 14.6. The Hall–Kier alpha value is -3.17. The second kappa shape index (κ2) is 12.0. The van der Waals surface area contributed by atoms with Crippen molar-refractivity contribution in [3.05, 3.63) is 63.9 Å². The van der Waals surface area contributed by atoms with E-state index in [0.29, 0.717) is 13.1 Å². The first-order valence-corrected chi connectivity index (χ1v) is 12.0. The van der Waals surface area contributed by atoms with Crippen molar-refractivity contribution in [1.29, 1.82) is 0 Å². The largest absolute Gasteiger partial charge is 0.370 e.